The lowest BCUT2D eigenvalue weighted by Crippen LogP contribution is -2.20. The fourth-order valence-corrected chi connectivity index (χ4v) is 0.366. The van der Waals surface area contributed by atoms with E-state index in [1.54, 1.807) is 18.2 Å². The van der Waals surface area contributed by atoms with Crippen molar-refractivity contribution in [3.8, 4) is 18.2 Å². The van der Waals surface area contributed by atoms with Gasteiger partial charge in [-0.15, -0.1) is 0 Å². The van der Waals surface area contributed by atoms with E-state index >= 15 is 0 Å². The van der Waals surface area contributed by atoms with Crippen LogP contribution in [0.5, 0.6) is 0 Å². The first-order valence-corrected chi connectivity index (χ1v) is 2.55. The van der Waals surface area contributed by atoms with Crippen LogP contribution in [0, 0.1) is 39.4 Å². The Balaban J connectivity index is 4.43. The molecule has 0 atom stereocenters. The van der Waals surface area contributed by atoms with E-state index in [2.05, 4.69) is 0 Å². The summed E-state index contributed by atoms with van der Waals surface area (Å²) in [7, 11) is 0. The van der Waals surface area contributed by atoms with Crippen molar-refractivity contribution in [2.24, 2.45) is 5.41 Å². The summed E-state index contributed by atoms with van der Waals surface area (Å²) in [5.74, 6) is 0. The van der Waals surface area contributed by atoms with Gasteiger partial charge in [-0.2, -0.15) is 15.8 Å². The summed E-state index contributed by atoms with van der Waals surface area (Å²) in [5.41, 5.74) is -1.52. The zero-order valence-electron chi connectivity index (χ0n) is 5.20. The van der Waals surface area contributed by atoms with E-state index in [0.717, 1.165) is 0 Å². The van der Waals surface area contributed by atoms with Gasteiger partial charge < -0.3 is 5.11 Å². The van der Waals surface area contributed by atoms with E-state index in [9.17, 15) is 0 Å². The number of aliphatic hydroxyl groups is 1. The number of rotatable bonds is 2. The Morgan fingerprint density at radius 1 is 1.20 bits per heavy atom. The molecule has 0 amide bonds. The van der Waals surface area contributed by atoms with Crippen molar-refractivity contribution in [3.63, 3.8) is 0 Å². The van der Waals surface area contributed by atoms with Crippen molar-refractivity contribution in [3.05, 3.63) is 0 Å². The molecular formula is C6H5N3O. The molecule has 4 nitrogen and oxygen atoms in total. The third-order valence-corrected chi connectivity index (χ3v) is 1.08. The summed E-state index contributed by atoms with van der Waals surface area (Å²) in [6.07, 6.45) is -0.253. The summed E-state index contributed by atoms with van der Waals surface area (Å²) in [6.45, 7) is -0.590. The highest BCUT2D eigenvalue weighted by atomic mass is 16.3. The first-order chi connectivity index (χ1) is 4.74. The van der Waals surface area contributed by atoms with Gasteiger partial charge in [-0.05, 0) is 0 Å². The third kappa shape index (κ3) is 1.45. The highest BCUT2D eigenvalue weighted by molar-refractivity contribution is 5.16. The summed E-state index contributed by atoms with van der Waals surface area (Å²) >= 11 is 0. The molecule has 0 aliphatic heterocycles. The van der Waals surface area contributed by atoms with Crippen LogP contribution >= 0.6 is 0 Å². The van der Waals surface area contributed by atoms with Crippen LogP contribution in [0.2, 0.25) is 0 Å². The lowest BCUT2D eigenvalue weighted by Gasteiger charge is -2.08. The molecule has 0 aromatic rings. The minimum Gasteiger partial charge on any atom is -0.394 e. The largest absolute Gasteiger partial charge is 0.394 e. The molecule has 1 N–H and O–H groups in total. The molecule has 0 aromatic carbocycles. The highest BCUT2D eigenvalue weighted by Crippen LogP contribution is 2.17. The van der Waals surface area contributed by atoms with E-state index < -0.39 is 12.0 Å². The highest BCUT2D eigenvalue weighted by Gasteiger charge is 2.28. The Hall–Kier alpha value is -1.57. The van der Waals surface area contributed by atoms with Crippen LogP contribution in [0.4, 0.5) is 0 Å². The number of nitriles is 3. The second-order valence-electron chi connectivity index (χ2n) is 1.80. The summed E-state index contributed by atoms with van der Waals surface area (Å²) in [6, 6.07) is 4.82. The predicted molar refractivity (Wildman–Crippen MR) is 31.0 cm³/mol. The molecule has 0 aliphatic rings. The first-order valence-electron chi connectivity index (χ1n) is 2.55. The van der Waals surface area contributed by atoms with Gasteiger partial charge in [0.2, 0.25) is 0 Å². The minimum atomic E-state index is -1.52. The van der Waals surface area contributed by atoms with Crippen LogP contribution in [0.1, 0.15) is 6.42 Å². The average Bonchev–Trinajstić information content (AvgIpc) is 2.01. The fourth-order valence-electron chi connectivity index (χ4n) is 0.366. The molecule has 50 valence electrons. The van der Waals surface area contributed by atoms with Crippen molar-refractivity contribution >= 4 is 0 Å². The van der Waals surface area contributed by atoms with Crippen LogP contribution in [0.15, 0.2) is 0 Å². The molecule has 4 heteroatoms. The maximum Gasteiger partial charge on any atom is 0.179 e. The van der Waals surface area contributed by atoms with E-state index in [-0.39, 0.29) is 6.42 Å². The Kier molecular flexibility index (Phi) is 2.91. The monoisotopic (exact) mass is 135 g/mol. The van der Waals surface area contributed by atoms with Gasteiger partial charge in [0.15, 0.2) is 5.41 Å². The van der Waals surface area contributed by atoms with Gasteiger partial charge in [-0.3, -0.25) is 0 Å². The Morgan fingerprint density at radius 2 is 1.70 bits per heavy atom. The second-order valence-corrected chi connectivity index (χ2v) is 1.80. The number of hydrogen-bond acceptors (Lipinski definition) is 4. The van der Waals surface area contributed by atoms with E-state index in [1.165, 1.54) is 0 Å². The van der Waals surface area contributed by atoms with Gasteiger partial charge in [-0.1, -0.05) is 0 Å². The van der Waals surface area contributed by atoms with E-state index in [0.29, 0.717) is 0 Å². The van der Waals surface area contributed by atoms with Gasteiger partial charge in [-0.25, -0.2) is 0 Å². The van der Waals surface area contributed by atoms with Gasteiger partial charge in [0.05, 0.1) is 31.2 Å². The molecule has 0 saturated heterocycles. The quantitative estimate of drug-likeness (QED) is 0.573. The van der Waals surface area contributed by atoms with Crippen LogP contribution in [0.3, 0.4) is 0 Å². The third-order valence-electron chi connectivity index (χ3n) is 1.08. The topological polar surface area (TPSA) is 91.6 Å². The smallest absolute Gasteiger partial charge is 0.179 e. The van der Waals surface area contributed by atoms with Gasteiger partial charge in [0.1, 0.15) is 0 Å². The summed E-state index contributed by atoms with van der Waals surface area (Å²) < 4.78 is 0. The molecule has 0 radical (unpaired) electrons. The van der Waals surface area contributed by atoms with Crippen LogP contribution in [-0.4, -0.2) is 11.7 Å². The molecular weight excluding hydrogens is 130 g/mol. The Bertz CT molecular complexity index is 213. The molecule has 10 heavy (non-hydrogen) atoms. The Labute approximate surface area is 58.5 Å². The molecule has 0 fully saturated rings. The molecule has 0 saturated carbocycles. The molecule has 0 aliphatic carbocycles. The molecule has 0 spiro atoms. The molecule has 0 heterocycles. The maximum absolute atomic E-state index is 8.51. The Morgan fingerprint density at radius 3 is 1.80 bits per heavy atom. The number of nitrogens with zero attached hydrogens (tertiary/aromatic N) is 3. The fraction of sp³-hybridized carbons (Fsp3) is 0.500. The second kappa shape index (κ2) is 3.45. The predicted octanol–water partition coefficient (Wildman–Crippen LogP) is -0.0741. The molecule has 0 bridgehead atoms. The van der Waals surface area contributed by atoms with E-state index in [1.807, 2.05) is 0 Å². The normalized spacial score (nSPS) is 9.00. The molecule has 0 unspecified atom stereocenters. The summed E-state index contributed by atoms with van der Waals surface area (Å²) in [4.78, 5) is 0. The van der Waals surface area contributed by atoms with Crippen molar-refractivity contribution in [2.75, 3.05) is 6.61 Å². The summed E-state index contributed by atoms with van der Waals surface area (Å²) in [5, 5.41) is 33.3. The molecule has 0 aromatic heterocycles. The zero-order valence-corrected chi connectivity index (χ0v) is 5.20. The maximum atomic E-state index is 8.51. The standard InChI is InChI=1S/C6H5N3O/c7-2-1-6(3-8,4-9)5-10/h10H,1,5H2. The van der Waals surface area contributed by atoms with Gasteiger partial charge in [0.25, 0.3) is 0 Å². The first kappa shape index (κ1) is 8.43. The van der Waals surface area contributed by atoms with Crippen LogP contribution < -0.4 is 0 Å². The molecule has 0 rings (SSSR count). The van der Waals surface area contributed by atoms with Gasteiger partial charge >= 0.3 is 0 Å². The average molecular weight is 135 g/mol. The zero-order chi connectivity index (χ0) is 8.04. The minimum absolute atomic E-state index is 0.253. The SMILES string of the molecule is N#CCC(C#N)(C#N)CO. The van der Waals surface area contributed by atoms with Crippen molar-refractivity contribution in [1.29, 1.82) is 15.8 Å². The lowest BCUT2D eigenvalue weighted by atomic mass is 9.90. The van der Waals surface area contributed by atoms with Crippen LogP contribution in [-0.2, 0) is 0 Å². The number of aliphatic hydroxyl groups excluding tert-OH is 1. The van der Waals surface area contributed by atoms with E-state index in [4.69, 9.17) is 20.9 Å². The van der Waals surface area contributed by atoms with Crippen molar-refractivity contribution < 1.29 is 5.11 Å². The van der Waals surface area contributed by atoms with Crippen molar-refractivity contribution in [1.82, 2.24) is 0 Å². The van der Waals surface area contributed by atoms with Crippen LogP contribution in [0.25, 0.3) is 0 Å². The number of hydrogen-bond donors (Lipinski definition) is 1. The lowest BCUT2D eigenvalue weighted by molar-refractivity contribution is 0.219. The van der Waals surface area contributed by atoms with Gasteiger partial charge in [0, 0.05) is 0 Å². The van der Waals surface area contributed by atoms with Crippen molar-refractivity contribution in [2.45, 2.75) is 6.42 Å².